The second-order valence-corrected chi connectivity index (χ2v) is 5.17. The highest BCUT2D eigenvalue weighted by molar-refractivity contribution is 5.96. The summed E-state index contributed by atoms with van der Waals surface area (Å²) in [5.74, 6) is -3.16. The summed E-state index contributed by atoms with van der Waals surface area (Å²) in [4.78, 5) is 34.9. The van der Waals surface area contributed by atoms with Crippen LogP contribution in [0, 0.1) is 11.6 Å². The first-order valence-corrected chi connectivity index (χ1v) is 7.85. The predicted octanol–water partition coefficient (Wildman–Crippen LogP) is 3.33. The van der Waals surface area contributed by atoms with E-state index in [4.69, 9.17) is 9.47 Å². The fraction of sp³-hybridized carbons (Fsp3) is 0.167. The maximum absolute atomic E-state index is 13.4. The Balaban J connectivity index is 1.86. The summed E-state index contributed by atoms with van der Waals surface area (Å²) >= 11 is 0. The number of benzene rings is 2. The molecule has 142 valence electrons. The Morgan fingerprint density at radius 3 is 2.33 bits per heavy atom. The number of ether oxygens (including phenoxy) is 2. The van der Waals surface area contributed by atoms with Crippen LogP contribution in [0.2, 0.25) is 0 Å². The molecule has 2 rings (SSSR count). The van der Waals surface area contributed by atoms with Gasteiger partial charge in [0.1, 0.15) is 11.6 Å². The van der Waals surface area contributed by atoms with E-state index in [1.165, 1.54) is 24.3 Å². The molecular weight excluding hydrogens is 362 g/mol. The van der Waals surface area contributed by atoms with Crippen molar-refractivity contribution in [3.8, 4) is 0 Å². The molecular formula is C18H16F2N2O5. The molecule has 2 aromatic rings. The van der Waals surface area contributed by atoms with Crippen molar-refractivity contribution in [1.29, 1.82) is 0 Å². The molecule has 0 aliphatic rings. The lowest BCUT2D eigenvalue weighted by Gasteiger charge is -2.08. The Labute approximate surface area is 153 Å². The Morgan fingerprint density at radius 2 is 1.67 bits per heavy atom. The van der Waals surface area contributed by atoms with E-state index in [1.54, 1.807) is 6.92 Å². The van der Waals surface area contributed by atoms with Gasteiger partial charge in [0, 0.05) is 11.8 Å². The fourth-order valence-corrected chi connectivity index (χ4v) is 1.97. The third-order valence-corrected chi connectivity index (χ3v) is 3.18. The SMILES string of the molecule is CCOC(=O)Nc1ccc(C(=O)OCC(=O)Nc2cc(F)ccc2F)cc1. The first-order chi connectivity index (χ1) is 12.9. The van der Waals surface area contributed by atoms with Gasteiger partial charge in [-0.3, -0.25) is 10.1 Å². The summed E-state index contributed by atoms with van der Waals surface area (Å²) in [6, 6.07) is 8.26. The van der Waals surface area contributed by atoms with E-state index >= 15 is 0 Å². The molecule has 27 heavy (non-hydrogen) atoms. The number of carbonyl (C=O) groups excluding carboxylic acids is 3. The van der Waals surface area contributed by atoms with E-state index in [2.05, 4.69) is 10.6 Å². The third-order valence-electron chi connectivity index (χ3n) is 3.18. The summed E-state index contributed by atoms with van der Waals surface area (Å²) in [5, 5.41) is 4.56. The minimum absolute atomic E-state index is 0.133. The molecule has 0 aromatic heterocycles. The number of nitrogens with one attached hydrogen (secondary N) is 2. The lowest BCUT2D eigenvalue weighted by molar-refractivity contribution is -0.119. The average Bonchev–Trinajstić information content (AvgIpc) is 2.63. The summed E-state index contributed by atoms with van der Waals surface area (Å²) < 4.78 is 36.0. The molecule has 0 heterocycles. The molecule has 7 nitrogen and oxygen atoms in total. The molecule has 0 radical (unpaired) electrons. The van der Waals surface area contributed by atoms with E-state index in [1.807, 2.05) is 0 Å². The molecule has 9 heteroatoms. The number of amides is 2. The first-order valence-electron chi connectivity index (χ1n) is 7.85. The van der Waals surface area contributed by atoms with Crippen molar-refractivity contribution in [3.63, 3.8) is 0 Å². The van der Waals surface area contributed by atoms with Crippen molar-refractivity contribution < 1.29 is 32.6 Å². The molecule has 0 bridgehead atoms. The zero-order valence-corrected chi connectivity index (χ0v) is 14.3. The van der Waals surface area contributed by atoms with Crippen LogP contribution in [0.25, 0.3) is 0 Å². The van der Waals surface area contributed by atoms with Crippen molar-refractivity contribution in [1.82, 2.24) is 0 Å². The highest BCUT2D eigenvalue weighted by Gasteiger charge is 2.13. The van der Waals surface area contributed by atoms with Crippen LogP contribution in [0.1, 0.15) is 17.3 Å². The number of hydrogen-bond donors (Lipinski definition) is 2. The Bertz CT molecular complexity index is 840. The normalized spacial score (nSPS) is 10.0. The van der Waals surface area contributed by atoms with Crippen LogP contribution in [0.5, 0.6) is 0 Å². The molecule has 2 N–H and O–H groups in total. The van der Waals surface area contributed by atoms with Crippen molar-refractivity contribution in [2.75, 3.05) is 23.8 Å². The highest BCUT2D eigenvalue weighted by atomic mass is 19.1. The zero-order chi connectivity index (χ0) is 19.8. The standard InChI is InChI=1S/C18H16F2N2O5/c1-2-26-18(25)21-13-6-3-11(4-7-13)17(24)27-10-16(23)22-15-9-12(19)5-8-14(15)20/h3-9H,2,10H2,1H3,(H,21,25)(H,22,23). The number of halogens is 2. The van der Waals surface area contributed by atoms with E-state index in [9.17, 15) is 23.2 Å². The number of carbonyl (C=O) groups is 3. The van der Waals surface area contributed by atoms with Gasteiger partial charge in [0.15, 0.2) is 6.61 Å². The second-order valence-electron chi connectivity index (χ2n) is 5.17. The highest BCUT2D eigenvalue weighted by Crippen LogP contribution is 2.15. The van der Waals surface area contributed by atoms with E-state index in [-0.39, 0.29) is 17.9 Å². The third kappa shape index (κ3) is 6.07. The minimum Gasteiger partial charge on any atom is -0.452 e. The van der Waals surface area contributed by atoms with Gasteiger partial charge in [-0.2, -0.15) is 0 Å². The van der Waals surface area contributed by atoms with Gasteiger partial charge in [-0.15, -0.1) is 0 Å². The number of esters is 1. The van der Waals surface area contributed by atoms with Crippen LogP contribution in [-0.4, -0.2) is 31.2 Å². The molecule has 0 unspecified atom stereocenters. The largest absolute Gasteiger partial charge is 0.452 e. The summed E-state index contributed by atoms with van der Waals surface area (Å²) in [7, 11) is 0. The Kier molecular flexibility index (Phi) is 6.81. The maximum Gasteiger partial charge on any atom is 0.411 e. The van der Waals surface area contributed by atoms with Gasteiger partial charge >= 0.3 is 12.1 Å². The van der Waals surface area contributed by atoms with Gasteiger partial charge in [0.2, 0.25) is 0 Å². The molecule has 0 fully saturated rings. The molecule has 2 aromatic carbocycles. The van der Waals surface area contributed by atoms with Crippen LogP contribution in [0.4, 0.5) is 25.0 Å². The monoisotopic (exact) mass is 378 g/mol. The van der Waals surface area contributed by atoms with E-state index in [0.29, 0.717) is 5.69 Å². The van der Waals surface area contributed by atoms with Crippen molar-refractivity contribution in [3.05, 3.63) is 59.7 Å². The van der Waals surface area contributed by atoms with Crippen LogP contribution in [0.3, 0.4) is 0 Å². The molecule has 0 saturated heterocycles. The first kappa shape index (κ1) is 19.8. The van der Waals surface area contributed by atoms with Crippen LogP contribution in [-0.2, 0) is 14.3 Å². The lowest BCUT2D eigenvalue weighted by atomic mass is 10.2. The maximum atomic E-state index is 13.4. The Morgan fingerprint density at radius 1 is 0.963 bits per heavy atom. The van der Waals surface area contributed by atoms with Gasteiger partial charge < -0.3 is 14.8 Å². The van der Waals surface area contributed by atoms with Crippen LogP contribution >= 0.6 is 0 Å². The smallest absolute Gasteiger partial charge is 0.411 e. The lowest BCUT2D eigenvalue weighted by Crippen LogP contribution is -2.21. The topological polar surface area (TPSA) is 93.7 Å². The van der Waals surface area contributed by atoms with Crippen LogP contribution in [0.15, 0.2) is 42.5 Å². The molecule has 0 atom stereocenters. The van der Waals surface area contributed by atoms with Crippen molar-refractivity contribution in [2.45, 2.75) is 6.92 Å². The number of anilines is 2. The van der Waals surface area contributed by atoms with E-state index in [0.717, 1.165) is 18.2 Å². The van der Waals surface area contributed by atoms with Gasteiger partial charge in [-0.1, -0.05) is 0 Å². The van der Waals surface area contributed by atoms with Gasteiger partial charge in [0.05, 0.1) is 17.9 Å². The molecule has 0 spiro atoms. The minimum atomic E-state index is -0.826. The molecule has 0 aliphatic carbocycles. The quantitative estimate of drug-likeness (QED) is 0.752. The zero-order valence-electron chi connectivity index (χ0n) is 14.3. The second kappa shape index (κ2) is 9.27. The van der Waals surface area contributed by atoms with Crippen LogP contribution < -0.4 is 10.6 Å². The molecule has 0 saturated carbocycles. The summed E-state index contributed by atoms with van der Waals surface area (Å²) in [5.41, 5.74) is 0.184. The van der Waals surface area contributed by atoms with E-state index < -0.39 is 36.2 Å². The average molecular weight is 378 g/mol. The predicted molar refractivity (Wildman–Crippen MR) is 92.4 cm³/mol. The van der Waals surface area contributed by atoms with Gasteiger partial charge in [0.25, 0.3) is 5.91 Å². The van der Waals surface area contributed by atoms with Gasteiger partial charge in [-0.25, -0.2) is 18.4 Å². The molecule has 2 amide bonds. The number of hydrogen-bond acceptors (Lipinski definition) is 5. The van der Waals surface area contributed by atoms with Crippen molar-refractivity contribution >= 4 is 29.3 Å². The van der Waals surface area contributed by atoms with Crippen molar-refractivity contribution in [2.24, 2.45) is 0 Å². The molecule has 0 aliphatic heterocycles. The summed E-state index contributed by atoms with van der Waals surface area (Å²) in [6.07, 6.45) is -0.630. The fourth-order valence-electron chi connectivity index (χ4n) is 1.97. The number of rotatable bonds is 6. The summed E-state index contributed by atoms with van der Waals surface area (Å²) in [6.45, 7) is 1.20. The van der Waals surface area contributed by atoms with Gasteiger partial charge in [-0.05, 0) is 43.3 Å². The Hall–Kier alpha value is -3.49.